The number of thioether (sulfide) groups is 1. The average molecular weight is 1980 g/mol. The number of benzene rings is 9. The topological polar surface area (TPSA) is 152 Å². The van der Waals surface area contributed by atoms with Gasteiger partial charge in [-0.1, -0.05) is 247 Å². The van der Waals surface area contributed by atoms with Gasteiger partial charge in [-0.05, 0) is 221 Å². The minimum Gasteiger partial charge on any atom is -0.497 e. The lowest BCUT2D eigenvalue weighted by molar-refractivity contribution is 0.334. The van der Waals surface area contributed by atoms with Crippen molar-refractivity contribution in [3.05, 3.63) is 240 Å². The molecule has 0 aliphatic rings. The van der Waals surface area contributed by atoms with Gasteiger partial charge in [-0.2, -0.15) is 0 Å². The molecule has 0 saturated heterocycles. The number of pyridine rings is 1. The van der Waals surface area contributed by atoms with Crippen molar-refractivity contribution in [3.8, 4) is 85.6 Å². The van der Waals surface area contributed by atoms with Gasteiger partial charge >= 0.3 is 0 Å². The lowest BCUT2D eigenvalue weighted by Gasteiger charge is -2.23. The highest BCUT2D eigenvalue weighted by Gasteiger charge is 2.27. The first-order chi connectivity index (χ1) is 58.7. The molecule has 0 saturated carbocycles. The molecule has 1 heterocycles. The highest BCUT2D eigenvalue weighted by atomic mass is 79.9. The lowest BCUT2D eigenvalue weighted by Crippen LogP contribution is -2.14. The molecule has 1 aromatic heterocycles. The Bertz CT molecular complexity index is 5060. The van der Waals surface area contributed by atoms with Gasteiger partial charge in [0.2, 0.25) is 0 Å². The van der Waals surface area contributed by atoms with Crippen molar-refractivity contribution >= 4 is 75.1 Å². The van der Waals surface area contributed by atoms with E-state index in [1.165, 1.54) is 57.2 Å². The van der Waals surface area contributed by atoms with Gasteiger partial charge < -0.3 is 57.0 Å². The van der Waals surface area contributed by atoms with Gasteiger partial charge in [-0.3, -0.25) is 4.98 Å². The van der Waals surface area contributed by atoms with Crippen LogP contribution < -0.4 is 57.0 Å². The normalized spacial score (nSPS) is 11.5. The van der Waals surface area contributed by atoms with Crippen LogP contribution in [0.1, 0.15) is 218 Å². The summed E-state index contributed by atoms with van der Waals surface area (Å²) in [6.45, 7) is 54.6. The van der Waals surface area contributed by atoms with Crippen molar-refractivity contribution in [2.45, 2.75) is 226 Å². The molecule has 0 N–H and O–H groups in total. The third-order valence-electron chi connectivity index (χ3n) is 20.2. The first-order valence-electron chi connectivity index (χ1n) is 42.4. The molecule has 0 bridgehead atoms. The molecule has 127 heavy (non-hydrogen) atoms. The molecule has 0 radical (unpaired) electrons. The molecule has 0 fully saturated rings. The minimum absolute atomic E-state index is 0.0382. The molecule has 698 valence electrons. The van der Waals surface area contributed by atoms with Gasteiger partial charge in [-0.15, -0.1) is 11.8 Å². The molecule has 0 unspecified atom stereocenters. The van der Waals surface area contributed by atoms with Crippen molar-refractivity contribution in [2.24, 2.45) is 0 Å². The summed E-state index contributed by atoms with van der Waals surface area (Å²) in [5.74, 6) is 9.40. The molecule has 9 aromatic carbocycles. The van der Waals surface area contributed by atoms with Crippen molar-refractivity contribution < 1.29 is 60.5 Å². The Morgan fingerprint density at radius 1 is 0.339 bits per heavy atom. The molecule has 0 aliphatic heterocycles. The van der Waals surface area contributed by atoms with Crippen LogP contribution in [-0.4, -0.2) is 118 Å². The zero-order valence-electron chi connectivity index (χ0n) is 83.7. The number of anilines is 1. The summed E-state index contributed by atoms with van der Waals surface area (Å²) in [7, 11) is 17.6. The number of ether oxygens (including phenoxy) is 11. The van der Waals surface area contributed by atoms with Crippen LogP contribution in [0, 0.1) is 0 Å². The van der Waals surface area contributed by atoms with E-state index in [0.29, 0.717) is 17.3 Å². The van der Waals surface area contributed by atoms with E-state index in [9.17, 15) is 8.42 Å². The molecule has 0 spiro atoms. The van der Waals surface area contributed by atoms with Crippen LogP contribution >= 0.6 is 59.6 Å². The molecule has 10 aromatic rings. The van der Waals surface area contributed by atoms with E-state index in [2.05, 4.69) is 300 Å². The molecular formula is C107H149Br3N2O13S2. The van der Waals surface area contributed by atoms with Crippen molar-refractivity contribution in [3.63, 3.8) is 0 Å². The highest BCUT2D eigenvalue weighted by molar-refractivity contribution is 9.11. The fourth-order valence-corrected chi connectivity index (χ4v) is 15.3. The Kier molecular flexibility index (Phi) is 43.9. The maximum Gasteiger partial charge on any atom is 0.175 e. The SMILES string of the molecule is CCOc1cc(OC)cc(C(C)(C)C)c1.COc1cc(-c2ccccc2)c(Br)cc1C(C)(C)C.COc1cc(-c2ccccn2)c(Br)cc1C(C)(C)C.COc1cc(C(C)(C)C)cc(S(C)(=O)=O)c1.COc1cc(C(C)(C)C)ccc1N(C)C.COc1cc(OC)c(C(C)(C)C)cc1Br.COc1cc(SC)cc(C(C)(C)C)c1.COc1ccc(C(C)(C)C)c(OC)c1. The number of aromatic nitrogens is 1. The second kappa shape index (κ2) is 49.5. The fourth-order valence-electron chi connectivity index (χ4n) is 12.5. The number of hydrogen-bond acceptors (Lipinski definition) is 16. The number of methoxy groups -OCH3 is 10. The number of hydrogen-bond donors (Lipinski definition) is 0. The van der Waals surface area contributed by atoms with Crippen LogP contribution in [0.25, 0.3) is 22.4 Å². The summed E-state index contributed by atoms with van der Waals surface area (Å²) >= 11 is 12.6. The number of nitrogens with zero attached hydrogens (tertiary/aromatic N) is 2. The predicted octanol–water partition coefficient (Wildman–Crippen LogP) is 29.6. The smallest absolute Gasteiger partial charge is 0.175 e. The molecule has 0 aliphatic carbocycles. The van der Waals surface area contributed by atoms with Crippen molar-refractivity contribution in [2.75, 3.05) is 109 Å². The average Bonchev–Trinajstić information content (AvgIpc) is 0.792. The maximum absolute atomic E-state index is 11.5. The maximum atomic E-state index is 11.5. The summed E-state index contributed by atoms with van der Waals surface area (Å²) in [4.78, 5) is 8.01. The van der Waals surface area contributed by atoms with Crippen LogP contribution in [0.4, 0.5) is 5.69 Å². The molecule has 0 amide bonds. The Balaban J connectivity index is 0.000000375. The first kappa shape index (κ1) is 113. The standard InChI is InChI=1S/C17H19BrO.C16H18BrNO.C13H21NO.C13H20O2.C12H17BrO2.C12H18O3S.C12H18O2.C12H18OS/c1-17(2,3)14-11-15(18)13(10-16(14)19-4)12-8-6-5-7-9-12;1-16(2,3)12-10-13(17)11(9-15(12)19-4)14-7-5-6-8-18-14;1-13(2,3)10-7-8-11(14(4)5)12(9-10)15-6;1-6-15-12-8-10(13(2,3)4)7-11(9-12)14-5;1-12(2,3)8-6-9(13)11(15-5)7-10(8)14-4;1-12(2,3)9-6-10(15-4)8-11(7-9)16(5,13)14;1-12(2,3)10-7-6-9(13-4)8-11(10)14-5;1-12(2,3)9-6-10(13-4)8-11(7-9)14-5/h5-11H,1-4H3;5-10H,1-4H3;7-9H,1-6H3;7-9H,6H2,1-5H3;6-7H,1-5H3;6-8H,1-5H3;2*6-8H,1-5H3. The van der Waals surface area contributed by atoms with Crippen LogP contribution in [-0.2, 0) is 53.2 Å². The monoisotopic (exact) mass is 1970 g/mol. The van der Waals surface area contributed by atoms with Gasteiger partial charge in [-0.25, -0.2) is 8.42 Å². The molecule has 10 rings (SSSR count). The van der Waals surface area contributed by atoms with Crippen molar-refractivity contribution in [1.29, 1.82) is 0 Å². The summed E-state index contributed by atoms with van der Waals surface area (Å²) < 4.78 is 84.9. The summed E-state index contributed by atoms with van der Waals surface area (Å²) in [6, 6.07) is 58.6. The van der Waals surface area contributed by atoms with E-state index in [1.54, 1.807) is 94.1 Å². The van der Waals surface area contributed by atoms with Gasteiger partial charge in [0.25, 0.3) is 0 Å². The van der Waals surface area contributed by atoms with E-state index < -0.39 is 9.84 Å². The Morgan fingerprint density at radius 3 is 1.13 bits per heavy atom. The molecule has 0 atom stereocenters. The quantitative estimate of drug-likeness (QED) is 0.0794. The third-order valence-corrected chi connectivity index (χ3v) is 23.9. The second-order valence-electron chi connectivity index (χ2n) is 38.8. The minimum atomic E-state index is -3.20. The molecule has 15 nitrogen and oxygen atoms in total. The van der Waals surface area contributed by atoms with Gasteiger partial charge in [0.15, 0.2) is 9.84 Å². The van der Waals surface area contributed by atoms with Crippen LogP contribution in [0.15, 0.2) is 205 Å². The van der Waals surface area contributed by atoms with Crippen LogP contribution in [0.2, 0.25) is 0 Å². The van der Waals surface area contributed by atoms with E-state index >= 15 is 0 Å². The summed E-state index contributed by atoms with van der Waals surface area (Å²) in [6.07, 6.45) is 5.08. The van der Waals surface area contributed by atoms with Crippen molar-refractivity contribution in [1.82, 2.24) is 4.98 Å². The third kappa shape index (κ3) is 36.0. The second-order valence-corrected chi connectivity index (χ2v) is 44.2. The Morgan fingerprint density at radius 2 is 0.732 bits per heavy atom. The van der Waals surface area contributed by atoms with Gasteiger partial charge in [0, 0.05) is 80.8 Å². The van der Waals surface area contributed by atoms with Crippen LogP contribution in [0.5, 0.6) is 63.2 Å². The zero-order chi connectivity index (χ0) is 96.9. The largest absolute Gasteiger partial charge is 0.497 e. The predicted molar refractivity (Wildman–Crippen MR) is 549 cm³/mol. The first-order valence-corrected chi connectivity index (χ1v) is 47.9. The lowest BCUT2D eigenvalue weighted by atomic mass is 9.85. The van der Waals surface area contributed by atoms with Gasteiger partial charge in [0.1, 0.15) is 63.2 Å². The van der Waals surface area contributed by atoms with E-state index in [0.717, 1.165) is 105 Å². The van der Waals surface area contributed by atoms with E-state index in [1.807, 2.05) is 115 Å². The Hall–Kier alpha value is -8.53. The Labute approximate surface area is 795 Å². The number of sulfone groups is 1. The van der Waals surface area contributed by atoms with Crippen LogP contribution in [0.3, 0.4) is 0 Å². The van der Waals surface area contributed by atoms with Gasteiger partial charge in [0.05, 0.1) is 98.5 Å². The number of halogens is 3. The van der Waals surface area contributed by atoms with E-state index in [-0.39, 0.29) is 43.3 Å². The number of rotatable bonds is 17. The summed E-state index contributed by atoms with van der Waals surface area (Å²) in [5, 5.41) is 0. The zero-order valence-corrected chi connectivity index (χ0v) is 90.1. The summed E-state index contributed by atoms with van der Waals surface area (Å²) in [5.41, 5.74) is 15.6. The van der Waals surface area contributed by atoms with E-state index in [4.69, 9.17) is 52.1 Å². The molecular weight excluding hydrogens is 1830 g/mol. The fraction of sp³-hybridized carbons (Fsp3) is 0.449. The molecule has 20 heteroatoms. The highest BCUT2D eigenvalue weighted by Crippen LogP contribution is 2.44.